The second-order valence-corrected chi connectivity index (χ2v) is 5.78. The van der Waals surface area contributed by atoms with Gasteiger partial charge in [-0.1, -0.05) is 13.8 Å². The van der Waals surface area contributed by atoms with Crippen LogP contribution in [0.2, 0.25) is 0 Å². The minimum absolute atomic E-state index is 0.471. The van der Waals surface area contributed by atoms with Crippen LogP contribution in [-0.4, -0.2) is 33.2 Å². The van der Waals surface area contributed by atoms with Gasteiger partial charge in [-0.15, -0.1) is 0 Å². The first kappa shape index (κ1) is 15.5. The summed E-state index contributed by atoms with van der Waals surface area (Å²) >= 11 is 0. The van der Waals surface area contributed by atoms with Crippen molar-refractivity contribution in [2.24, 2.45) is 5.92 Å². The Balaban J connectivity index is 2.12. The van der Waals surface area contributed by atoms with Gasteiger partial charge in [0.2, 0.25) is 5.88 Å². The number of aromatic nitrogens is 2. The van der Waals surface area contributed by atoms with Gasteiger partial charge in [-0.2, -0.15) is 0 Å². The third kappa shape index (κ3) is 3.83. The standard InChI is InChI=1S/C15H23N3O3/c1-3-8-21-13-9-12(16-10-17-13)18-15(14(19)20)6-4-11(2)5-7-15/h9-11H,3-8H2,1-2H3,(H,19,20)(H,16,17,18). The number of carboxylic acid groups (broad SMARTS) is 1. The molecular formula is C15H23N3O3. The molecule has 0 saturated heterocycles. The Morgan fingerprint density at radius 3 is 2.81 bits per heavy atom. The third-order valence-electron chi connectivity index (χ3n) is 4.00. The fourth-order valence-corrected chi connectivity index (χ4v) is 2.59. The summed E-state index contributed by atoms with van der Waals surface area (Å²) in [7, 11) is 0. The van der Waals surface area contributed by atoms with Crippen molar-refractivity contribution in [3.05, 3.63) is 12.4 Å². The lowest BCUT2D eigenvalue weighted by Gasteiger charge is -2.36. The summed E-state index contributed by atoms with van der Waals surface area (Å²) in [6.45, 7) is 4.76. The lowest BCUT2D eigenvalue weighted by atomic mass is 9.77. The lowest BCUT2D eigenvalue weighted by molar-refractivity contribution is -0.143. The molecule has 1 aromatic rings. The van der Waals surface area contributed by atoms with E-state index < -0.39 is 11.5 Å². The molecule has 1 fully saturated rings. The molecule has 0 atom stereocenters. The number of anilines is 1. The highest BCUT2D eigenvalue weighted by atomic mass is 16.5. The number of aliphatic carboxylic acids is 1. The molecule has 0 unspecified atom stereocenters. The van der Waals surface area contributed by atoms with Gasteiger partial charge in [0.05, 0.1) is 6.61 Å². The van der Waals surface area contributed by atoms with E-state index in [1.54, 1.807) is 6.07 Å². The van der Waals surface area contributed by atoms with Gasteiger partial charge >= 0.3 is 5.97 Å². The smallest absolute Gasteiger partial charge is 0.329 e. The molecule has 0 amide bonds. The van der Waals surface area contributed by atoms with Crippen molar-refractivity contribution in [1.82, 2.24) is 9.97 Å². The van der Waals surface area contributed by atoms with Gasteiger partial charge in [-0.25, -0.2) is 14.8 Å². The van der Waals surface area contributed by atoms with Crippen molar-refractivity contribution in [2.45, 2.75) is 51.5 Å². The zero-order valence-electron chi connectivity index (χ0n) is 12.6. The third-order valence-corrected chi connectivity index (χ3v) is 4.00. The highest BCUT2D eigenvalue weighted by Crippen LogP contribution is 2.34. The van der Waals surface area contributed by atoms with Crippen LogP contribution in [0.3, 0.4) is 0 Å². The van der Waals surface area contributed by atoms with Crippen molar-refractivity contribution < 1.29 is 14.6 Å². The molecule has 2 rings (SSSR count). The van der Waals surface area contributed by atoms with E-state index in [2.05, 4.69) is 22.2 Å². The molecule has 1 aliphatic carbocycles. The van der Waals surface area contributed by atoms with Gasteiger partial charge in [-0.3, -0.25) is 0 Å². The van der Waals surface area contributed by atoms with E-state index in [1.807, 2.05) is 6.92 Å². The maximum absolute atomic E-state index is 11.7. The Hall–Kier alpha value is -1.85. The summed E-state index contributed by atoms with van der Waals surface area (Å²) in [5.74, 6) is 0.740. The van der Waals surface area contributed by atoms with Crippen LogP contribution in [0.25, 0.3) is 0 Å². The number of ether oxygens (including phenoxy) is 1. The van der Waals surface area contributed by atoms with Crippen LogP contribution in [-0.2, 0) is 4.79 Å². The van der Waals surface area contributed by atoms with E-state index in [0.29, 0.717) is 37.1 Å². The zero-order valence-corrected chi connectivity index (χ0v) is 12.6. The van der Waals surface area contributed by atoms with Crippen molar-refractivity contribution in [1.29, 1.82) is 0 Å². The highest BCUT2D eigenvalue weighted by Gasteiger charge is 2.41. The monoisotopic (exact) mass is 293 g/mol. The highest BCUT2D eigenvalue weighted by molar-refractivity contribution is 5.82. The average molecular weight is 293 g/mol. The van der Waals surface area contributed by atoms with Crippen LogP contribution in [0.5, 0.6) is 5.88 Å². The van der Waals surface area contributed by atoms with Crippen LogP contribution < -0.4 is 10.1 Å². The minimum Gasteiger partial charge on any atom is -0.480 e. The van der Waals surface area contributed by atoms with Gasteiger partial charge in [0.1, 0.15) is 17.7 Å². The first-order valence-corrected chi connectivity index (χ1v) is 7.52. The number of nitrogens with zero attached hydrogens (tertiary/aromatic N) is 2. The molecule has 1 aromatic heterocycles. The van der Waals surface area contributed by atoms with E-state index >= 15 is 0 Å². The quantitative estimate of drug-likeness (QED) is 0.839. The first-order chi connectivity index (χ1) is 10.1. The Morgan fingerprint density at radius 1 is 1.48 bits per heavy atom. The van der Waals surface area contributed by atoms with E-state index in [9.17, 15) is 9.90 Å². The summed E-state index contributed by atoms with van der Waals surface area (Å²) in [6.07, 6.45) is 5.32. The molecular weight excluding hydrogens is 270 g/mol. The van der Waals surface area contributed by atoms with Crippen LogP contribution in [0, 0.1) is 5.92 Å². The molecule has 116 valence electrons. The summed E-state index contributed by atoms with van der Waals surface area (Å²) in [4.78, 5) is 19.9. The van der Waals surface area contributed by atoms with Crippen LogP contribution >= 0.6 is 0 Å². The molecule has 6 nitrogen and oxygen atoms in total. The second kappa shape index (κ2) is 6.74. The number of rotatable bonds is 6. The molecule has 1 saturated carbocycles. The molecule has 21 heavy (non-hydrogen) atoms. The SMILES string of the molecule is CCCOc1cc(NC2(C(=O)O)CCC(C)CC2)ncn1. The molecule has 0 spiro atoms. The lowest BCUT2D eigenvalue weighted by Crippen LogP contribution is -2.49. The number of carbonyl (C=O) groups is 1. The second-order valence-electron chi connectivity index (χ2n) is 5.78. The van der Waals surface area contributed by atoms with Crippen LogP contribution in [0.1, 0.15) is 46.0 Å². The molecule has 6 heteroatoms. The zero-order chi connectivity index (χ0) is 15.3. The Bertz CT molecular complexity index is 485. The molecule has 1 aliphatic rings. The van der Waals surface area contributed by atoms with Gasteiger partial charge in [-0.05, 0) is 38.0 Å². The molecule has 0 aliphatic heterocycles. The fraction of sp³-hybridized carbons (Fsp3) is 0.667. The summed E-state index contributed by atoms with van der Waals surface area (Å²) in [6, 6.07) is 1.67. The number of carboxylic acids is 1. The van der Waals surface area contributed by atoms with Crippen molar-refractivity contribution in [2.75, 3.05) is 11.9 Å². The summed E-state index contributed by atoms with van der Waals surface area (Å²) < 4.78 is 5.46. The van der Waals surface area contributed by atoms with E-state index in [-0.39, 0.29) is 0 Å². The molecule has 2 N–H and O–H groups in total. The topological polar surface area (TPSA) is 84.3 Å². The first-order valence-electron chi connectivity index (χ1n) is 7.52. The minimum atomic E-state index is -0.928. The number of hydrogen-bond acceptors (Lipinski definition) is 5. The van der Waals surface area contributed by atoms with Crippen molar-refractivity contribution >= 4 is 11.8 Å². The van der Waals surface area contributed by atoms with Gasteiger partial charge in [0.15, 0.2) is 0 Å². The maximum Gasteiger partial charge on any atom is 0.329 e. The maximum atomic E-state index is 11.7. The Morgan fingerprint density at radius 2 is 2.19 bits per heavy atom. The molecule has 0 aromatic carbocycles. The summed E-state index contributed by atoms with van der Waals surface area (Å²) in [5, 5.41) is 12.7. The average Bonchev–Trinajstić information content (AvgIpc) is 2.48. The van der Waals surface area contributed by atoms with Crippen LogP contribution in [0.15, 0.2) is 12.4 Å². The fourth-order valence-electron chi connectivity index (χ4n) is 2.59. The van der Waals surface area contributed by atoms with Crippen molar-refractivity contribution in [3.63, 3.8) is 0 Å². The van der Waals surface area contributed by atoms with Crippen molar-refractivity contribution in [3.8, 4) is 5.88 Å². The van der Waals surface area contributed by atoms with Gasteiger partial charge < -0.3 is 15.2 Å². The summed E-state index contributed by atoms with van der Waals surface area (Å²) in [5.41, 5.74) is -0.928. The predicted octanol–water partition coefficient (Wildman–Crippen LogP) is 2.71. The number of nitrogens with one attached hydrogen (secondary N) is 1. The van der Waals surface area contributed by atoms with E-state index in [0.717, 1.165) is 19.3 Å². The number of hydrogen-bond donors (Lipinski definition) is 2. The van der Waals surface area contributed by atoms with Gasteiger partial charge in [0, 0.05) is 6.07 Å². The van der Waals surface area contributed by atoms with Crippen LogP contribution in [0.4, 0.5) is 5.82 Å². The Kier molecular flexibility index (Phi) is 4.98. The predicted molar refractivity (Wildman–Crippen MR) is 79.4 cm³/mol. The van der Waals surface area contributed by atoms with Gasteiger partial charge in [0.25, 0.3) is 0 Å². The molecule has 0 radical (unpaired) electrons. The Labute approximate surface area is 124 Å². The molecule has 1 heterocycles. The largest absolute Gasteiger partial charge is 0.480 e. The normalized spacial score (nSPS) is 25.3. The molecule has 0 bridgehead atoms. The van der Waals surface area contributed by atoms with E-state index in [1.165, 1.54) is 6.33 Å². The van der Waals surface area contributed by atoms with E-state index in [4.69, 9.17) is 4.74 Å².